The van der Waals surface area contributed by atoms with Gasteiger partial charge in [-0.05, 0) is 55.2 Å². The Morgan fingerprint density at radius 3 is 2.76 bits per heavy atom. The van der Waals surface area contributed by atoms with Crippen molar-refractivity contribution in [2.24, 2.45) is 5.92 Å². The lowest BCUT2D eigenvalue weighted by Crippen LogP contribution is -2.54. The SMILES string of the molecule is C[C@H]1CCCC[C@@]12NC(=O)N(CC(=O)OCC(=O)c1ccc3c(c1)CCC3)C2=O. The summed E-state index contributed by atoms with van der Waals surface area (Å²) in [6.45, 7) is 1.08. The highest BCUT2D eigenvalue weighted by Crippen LogP contribution is 2.38. The fourth-order valence-electron chi connectivity index (χ4n) is 4.79. The van der Waals surface area contributed by atoms with Crippen molar-refractivity contribution in [3.8, 4) is 0 Å². The van der Waals surface area contributed by atoms with Crippen LogP contribution in [-0.4, -0.2) is 47.3 Å². The van der Waals surface area contributed by atoms with E-state index in [9.17, 15) is 19.2 Å². The molecule has 7 heteroatoms. The predicted molar refractivity (Wildman–Crippen MR) is 104 cm³/mol. The van der Waals surface area contributed by atoms with Crippen LogP contribution >= 0.6 is 0 Å². The zero-order valence-electron chi connectivity index (χ0n) is 16.7. The highest BCUT2D eigenvalue weighted by atomic mass is 16.5. The molecule has 3 aliphatic rings. The maximum atomic E-state index is 12.9. The van der Waals surface area contributed by atoms with Crippen LogP contribution in [-0.2, 0) is 27.2 Å². The molecular weight excluding hydrogens is 372 g/mol. The summed E-state index contributed by atoms with van der Waals surface area (Å²) in [6.07, 6.45) is 6.42. The number of nitrogens with zero attached hydrogens (tertiary/aromatic N) is 1. The van der Waals surface area contributed by atoms with E-state index in [0.717, 1.165) is 43.4 Å². The van der Waals surface area contributed by atoms with Crippen LogP contribution in [0.25, 0.3) is 0 Å². The van der Waals surface area contributed by atoms with Gasteiger partial charge in [0.1, 0.15) is 12.1 Å². The van der Waals surface area contributed by atoms with Gasteiger partial charge < -0.3 is 10.1 Å². The number of ether oxygens (including phenoxy) is 1. The Labute approximate surface area is 169 Å². The van der Waals surface area contributed by atoms with E-state index in [1.165, 1.54) is 11.1 Å². The topological polar surface area (TPSA) is 92.8 Å². The van der Waals surface area contributed by atoms with Crippen LogP contribution in [0.4, 0.5) is 4.79 Å². The molecule has 1 saturated carbocycles. The van der Waals surface area contributed by atoms with Gasteiger partial charge >= 0.3 is 12.0 Å². The molecular formula is C22H26N2O5. The van der Waals surface area contributed by atoms with E-state index in [4.69, 9.17) is 4.74 Å². The van der Waals surface area contributed by atoms with Gasteiger partial charge in [0.15, 0.2) is 12.4 Å². The fourth-order valence-corrected chi connectivity index (χ4v) is 4.79. The lowest BCUT2D eigenvalue weighted by Gasteiger charge is -2.36. The van der Waals surface area contributed by atoms with Crippen LogP contribution < -0.4 is 5.32 Å². The van der Waals surface area contributed by atoms with Gasteiger partial charge in [0.2, 0.25) is 0 Å². The first-order valence-electron chi connectivity index (χ1n) is 10.4. The first-order chi connectivity index (χ1) is 13.9. The second-order valence-corrected chi connectivity index (χ2v) is 8.36. The summed E-state index contributed by atoms with van der Waals surface area (Å²) in [5.74, 6) is -1.39. The van der Waals surface area contributed by atoms with E-state index in [0.29, 0.717) is 12.0 Å². The molecule has 0 aromatic heterocycles. The molecule has 1 saturated heterocycles. The molecule has 0 radical (unpaired) electrons. The van der Waals surface area contributed by atoms with Crippen LogP contribution in [0.3, 0.4) is 0 Å². The van der Waals surface area contributed by atoms with Crippen molar-refractivity contribution in [2.75, 3.05) is 13.2 Å². The molecule has 1 N–H and O–H groups in total. The molecule has 7 nitrogen and oxygen atoms in total. The Morgan fingerprint density at radius 2 is 1.97 bits per heavy atom. The first-order valence-corrected chi connectivity index (χ1v) is 10.4. The third-order valence-electron chi connectivity index (χ3n) is 6.57. The molecule has 0 bridgehead atoms. The molecule has 1 heterocycles. The van der Waals surface area contributed by atoms with Gasteiger partial charge in [0, 0.05) is 5.56 Å². The summed E-state index contributed by atoms with van der Waals surface area (Å²) in [6, 6.07) is 5.01. The van der Waals surface area contributed by atoms with Crippen LogP contribution in [0.1, 0.15) is 60.5 Å². The zero-order valence-corrected chi connectivity index (χ0v) is 16.7. The summed E-state index contributed by atoms with van der Waals surface area (Å²) in [5, 5.41) is 2.80. The largest absolute Gasteiger partial charge is 0.456 e. The molecule has 4 rings (SSSR count). The maximum Gasteiger partial charge on any atom is 0.326 e. The van der Waals surface area contributed by atoms with E-state index >= 15 is 0 Å². The van der Waals surface area contributed by atoms with Crippen molar-refractivity contribution in [3.63, 3.8) is 0 Å². The molecule has 154 valence electrons. The minimum atomic E-state index is -0.907. The summed E-state index contributed by atoms with van der Waals surface area (Å²) in [4.78, 5) is 50.7. The summed E-state index contributed by atoms with van der Waals surface area (Å²) < 4.78 is 5.08. The lowest BCUT2D eigenvalue weighted by atomic mass is 9.73. The van der Waals surface area contributed by atoms with Gasteiger partial charge in [0.05, 0.1) is 0 Å². The summed E-state index contributed by atoms with van der Waals surface area (Å²) in [5.41, 5.74) is 2.05. The highest BCUT2D eigenvalue weighted by molar-refractivity contribution is 6.09. The quantitative estimate of drug-likeness (QED) is 0.467. The number of carbonyl (C=O) groups excluding carboxylic acids is 4. The number of aryl methyl sites for hydroxylation is 2. The van der Waals surface area contributed by atoms with Crippen molar-refractivity contribution >= 4 is 23.7 Å². The number of nitrogens with one attached hydrogen (secondary N) is 1. The van der Waals surface area contributed by atoms with Gasteiger partial charge in [-0.2, -0.15) is 0 Å². The molecule has 1 aromatic carbocycles. The number of rotatable bonds is 5. The number of fused-ring (bicyclic) bond motifs is 1. The maximum absolute atomic E-state index is 12.9. The zero-order chi connectivity index (χ0) is 20.6. The second kappa shape index (κ2) is 7.61. The Morgan fingerprint density at radius 1 is 1.17 bits per heavy atom. The standard InChI is InChI=1S/C22H26N2O5/c1-14-5-2-3-10-22(14)20(27)24(21(28)23-22)12-19(26)29-13-18(25)17-9-8-15-6-4-7-16(15)11-17/h8-9,11,14H,2-7,10,12-13H2,1H3,(H,23,28)/t14-,22+/m0/s1. The monoisotopic (exact) mass is 398 g/mol. The second-order valence-electron chi connectivity index (χ2n) is 8.36. The van der Waals surface area contributed by atoms with Gasteiger partial charge in [-0.3, -0.25) is 19.3 Å². The average molecular weight is 398 g/mol. The number of benzene rings is 1. The van der Waals surface area contributed by atoms with E-state index in [2.05, 4.69) is 5.32 Å². The number of ketones is 1. The number of Topliss-reactive ketones (excluding diaryl/α,β-unsaturated/α-hetero) is 1. The number of carbonyl (C=O) groups is 4. The predicted octanol–water partition coefficient (Wildman–Crippen LogP) is 2.40. The molecule has 3 amide bonds. The normalized spacial score (nSPS) is 25.8. The number of imide groups is 1. The number of hydrogen-bond acceptors (Lipinski definition) is 5. The smallest absolute Gasteiger partial charge is 0.326 e. The van der Waals surface area contributed by atoms with Crippen molar-refractivity contribution in [1.82, 2.24) is 10.2 Å². The molecule has 2 atom stereocenters. The third-order valence-corrected chi connectivity index (χ3v) is 6.57. The van der Waals surface area contributed by atoms with Crippen LogP contribution in [0.2, 0.25) is 0 Å². The van der Waals surface area contributed by atoms with Crippen molar-refractivity contribution in [2.45, 2.75) is 57.4 Å². The van der Waals surface area contributed by atoms with E-state index in [1.54, 1.807) is 6.07 Å². The minimum Gasteiger partial charge on any atom is -0.456 e. The first kappa shape index (κ1) is 19.6. The fraction of sp³-hybridized carbons (Fsp3) is 0.545. The van der Waals surface area contributed by atoms with Crippen LogP contribution in [0.5, 0.6) is 0 Å². The molecule has 2 fully saturated rings. The third kappa shape index (κ3) is 3.54. The van der Waals surface area contributed by atoms with Gasteiger partial charge in [0.25, 0.3) is 5.91 Å². The molecule has 1 aliphatic heterocycles. The Balaban J connectivity index is 1.34. The van der Waals surface area contributed by atoms with Crippen molar-refractivity contribution in [1.29, 1.82) is 0 Å². The molecule has 1 aromatic rings. The molecule has 29 heavy (non-hydrogen) atoms. The van der Waals surface area contributed by atoms with E-state index in [-0.39, 0.29) is 17.6 Å². The number of amides is 3. The van der Waals surface area contributed by atoms with Gasteiger partial charge in [-0.15, -0.1) is 0 Å². The van der Waals surface area contributed by atoms with Gasteiger partial charge in [-0.1, -0.05) is 31.9 Å². The number of hydrogen-bond donors (Lipinski definition) is 1. The number of urea groups is 1. The molecule has 2 aliphatic carbocycles. The minimum absolute atomic E-state index is 0.0232. The lowest BCUT2D eigenvalue weighted by molar-refractivity contribution is -0.147. The highest BCUT2D eigenvalue weighted by Gasteiger charge is 2.55. The average Bonchev–Trinajstić information content (AvgIpc) is 3.27. The Hall–Kier alpha value is -2.70. The van der Waals surface area contributed by atoms with Gasteiger partial charge in [-0.25, -0.2) is 4.79 Å². The molecule has 1 spiro atoms. The molecule has 0 unspecified atom stereocenters. The van der Waals surface area contributed by atoms with E-state index in [1.807, 2.05) is 19.1 Å². The van der Waals surface area contributed by atoms with Crippen LogP contribution in [0.15, 0.2) is 18.2 Å². The number of esters is 1. The van der Waals surface area contributed by atoms with Crippen molar-refractivity contribution < 1.29 is 23.9 Å². The summed E-state index contributed by atoms with van der Waals surface area (Å²) >= 11 is 0. The Bertz CT molecular complexity index is 880. The van der Waals surface area contributed by atoms with E-state index < -0.39 is 30.7 Å². The Kier molecular flexibility index (Phi) is 5.15. The van der Waals surface area contributed by atoms with Crippen LogP contribution in [0, 0.1) is 5.92 Å². The van der Waals surface area contributed by atoms with Crippen molar-refractivity contribution in [3.05, 3.63) is 34.9 Å². The summed E-state index contributed by atoms with van der Waals surface area (Å²) in [7, 11) is 0.